The number of primary amides is 1. The summed E-state index contributed by atoms with van der Waals surface area (Å²) in [4.78, 5) is 10.7. The third-order valence-corrected chi connectivity index (χ3v) is 1.62. The molecule has 0 aliphatic heterocycles. The van der Waals surface area contributed by atoms with Gasteiger partial charge in [0.2, 0.25) is 5.91 Å². The van der Waals surface area contributed by atoms with Crippen LogP contribution in [0.15, 0.2) is 30.3 Å². The monoisotopic (exact) mass is 194 g/mol. The summed E-state index contributed by atoms with van der Waals surface area (Å²) in [7, 11) is 0. The Bertz CT molecular complexity index is 309. The summed E-state index contributed by atoms with van der Waals surface area (Å²) < 4.78 is 5.39. The third kappa shape index (κ3) is 3.45. The van der Waals surface area contributed by atoms with Crippen LogP contribution in [0.3, 0.4) is 0 Å². The summed E-state index contributed by atoms with van der Waals surface area (Å²) in [6.45, 7) is 1.62. The SMILES string of the molecule is CC(N)(CC(N)=O)Oc1ccccc1. The Morgan fingerprint density at radius 3 is 2.50 bits per heavy atom. The van der Waals surface area contributed by atoms with E-state index in [0.717, 1.165) is 0 Å². The van der Waals surface area contributed by atoms with Crippen LogP contribution in [0.1, 0.15) is 13.3 Å². The van der Waals surface area contributed by atoms with E-state index < -0.39 is 11.6 Å². The lowest BCUT2D eigenvalue weighted by Gasteiger charge is -2.24. The second-order valence-electron chi connectivity index (χ2n) is 3.37. The molecule has 76 valence electrons. The van der Waals surface area contributed by atoms with Gasteiger partial charge in [-0.3, -0.25) is 10.5 Å². The molecule has 1 atom stereocenters. The van der Waals surface area contributed by atoms with Gasteiger partial charge in [0.25, 0.3) is 0 Å². The van der Waals surface area contributed by atoms with E-state index in [-0.39, 0.29) is 6.42 Å². The van der Waals surface area contributed by atoms with Crippen LogP contribution in [0.4, 0.5) is 0 Å². The summed E-state index contributed by atoms with van der Waals surface area (Å²) >= 11 is 0. The molecule has 0 aromatic heterocycles. The molecule has 1 rings (SSSR count). The number of carbonyl (C=O) groups is 1. The van der Waals surface area contributed by atoms with E-state index in [9.17, 15) is 4.79 Å². The highest BCUT2D eigenvalue weighted by molar-refractivity contribution is 5.74. The summed E-state index contributed by atoms with van der Waals surface area (Å²) in [5.74, 6) is 0.143. The molecule has 4 N–H and O–H groups in total. The standard InChI is InChI=1S/C10H14N2O2/c1-10(12,7-9(11)13)14-8-5-3-2-4-6-8/h2-6H,7,12H2,1H3,(H2,11,13). The molecule has 0 saturated heterocycles. The number of para-hydroxylation sites is 1. The molecule has 14 heavy (non-hydrogen) atoms. The van der Waals surface area contributed by atoms with Crippen LogP contribution < -0.4 is 16.2 Å². The molecule has 1 aromatic carbocycles. The van der Waals surface area contributed by atoms with Crippen molar-refractivity contribution in [2.24, 2.45) is 11.5 Å². The molecule has 0 bridgehead atoms. The fourth-order valence-electron chi connectivity index (χ4n) is 1.14. The van der Waals surface area contributed by atoms with E-state index in [4.69, 9.17) is 16.2 Å². The van der Waals surface area contributed by atoms with E-state index >= 15 is 0 Å². The van der Waals surface area contributed by atoms with Gasteiger partial charge in [-0.2, -0.15) is 0 Å². The van der Waals surface area contributed by atoms with E-state index in [2.05, 4.69) is 0 Å². The van der Waals surface area contributed by atoms with Crippen LogP contribution in [0.5, 0.6) is 5.75 Å². The van der Waals surface area contributed by atoms with E-state index in [1.165, 1.54) is 0 Å². The molecule has 1 amide bonds. The maximum absolute atomic E-state index is 10.7. The van der Waals surface area contributed by atoms with Gasteiger partial charge >= 0.3 is 0 Å². The maximum Gasteiger partial charge on any atom is 0.222 e. The Morgan fingerprint density at radius 1 is 1.43 bits per heavy atom. The third-order valence-electron chi connectivity index (χ3n) is 1.62. The fraction of sp³-hybridized carbons (Fsp3) is 0.300. The largest absolute Gasteiger partial charge is 0.473 e. The zero-order valence-corrected chi connectivity index (χ0v) is 8.07. The van der Waals surface area contributed by atoms with Gasteiger partial charge in [-0.1, -0.05) is 18.2 Å². The van der Waals surface area contributed by atoms with Gasteiger partial charge in [0.05, 0.1) is 6.42 Å². The van der Waals surface area contributed by atoms with Gasteiger partial charge in [0, 0.05) is 0 Å². The molecule has 0 aliphatic carbocycles. The maximum atomic E-state index is 10.7. The number of rotatable bonds is 4. The summed E-state index contributed by atoms with van der Waals surface area (Å²) in [6.07, 6.45) is -0.0120. The van der Waals surface area contributed by atoms with Crippen molar-refractivity contribution in [3.63, 3.8) is 0 Å². The van der Waals surface area contributed by atoms with Crippen molar-refractivity contribution in [3.05, 3.63) is 30.3 Å². The molecule has 0 spiro atoms. The minimum atomic E-state index is -1.05. The van der Waals surface area contributed by atoms with E-state index in [0.29, 0.717) is 5.75 Å². The first-order valence-corrected chi connectivity index (χ1v) is 4.31. The van der Waals surface area contributed by atoms with E-state index in [1.54, 1.807) is 19.1 Å². The summed E-state index contributed by atoms with van der Waals surface area (Å²) in [5.41, 5.74) is 9.71. The van der Waals surface area contributed by atoms with Gasteiger partial charge in [0.1, 0.15) is 5.75 Å². The van der Waals surface area contributed by atoms with Gasteiger partial charge in [-0.05, 0) is 19.1 Å². The van der Waals surface area contributed by atoms with Gasteiger partial charge in [0.15, 0.2) is 5.72 Å². The highest BCUT2D eigenvalue weighted by atomic mass is 16.5. The second kappa shape index (κ2) is 4.11. The highest BCUT2D eigenvalue weighted by Crippen LogP contribution is 2.16. The molecule has 1 unspecified atom stereocenters. The first-order chi connectivity index (χ1) is 6.49. The number of carbonyl (C=O) groups excluding carboxylic acids is 1. The molecule has 4 nitrogen and oxygen atoms in total. The number of benzene rings is 1. The first-order valence-electron chi connectivity index (χ1n) is 4.31. The normalized spacial score (nSPS) is 14.4. The Morgan fingerprint density at radius 2 is 2.00 bits per heavy atom. The van der Waals surface area contributed by atoms with Crippen molar-refractivity contribution in [2.75, 3.05) is 0 Å². The minimum absolute atomic E-state index is 0.0120. The first kappa shape index (κ1) is 10.5. The zero-order valence-electron chi connectivity index (χ0n) is 8.07. The summed E-state index contributed by atoms with van der Waals surface area (Å²) in [6, 6.07) is 9.07. The van der Waals surface area contributed by atoms with Crippen molar-refractivity contribution >= 4 is 5.91 Å². The van der Waals surface area contributed by atoms with Crippen LogP contribution in [-0.4, -0.2) is 11.6 Å². The average Bonchev–Trinajstić information content (AvgIpc) is 2.02. The lowest BCUT2D eigenvalue weighted by molar-refractivity contribution is -0.121. The molecule has 0 fully saturated rings. The molecule has 0 saturated carbocycles. The average molecular weight is 194 g/mol. The fourth-order valence-corrected chi connectivity index (χ4v) is 1.14. The van der Waals surface area contributed by atoms with Crippen LogP contribution >= 0.6 is 0 Å². The number of hydrogen-bond donors (Lipinski definition) is 2. The number of hydrogen-bond acceptors (Lipinski definition) is 3. The number of amides is 1. The van der Waals surface area contributed by atoms with Gasteiger partial charge < -0.3 is 10.5 Å². The van der Waals surface area contributed by atoms with Crippen LogP contribution in [0.2, 0.25) is 0 Å². The molecule has 4 heteroatoms. The van der Waals surface area contributed by atoms with Crippen LogP contribution in [0.25, 0.3) is 0 Å². The smallest absolute Gasteiger partial charge is 0.222 e. The lowest BCUT2D eigenvalue weighted by atomic mass is 10.2. The van der Waals surface area contributed by atoms with Crippen molar-refractivity contribution in [1.29, 1.82) is 0 Å². The predicted molar refractivity (Wildman–Crippen MR) is 53.5 cm³/mol. The molecule has 0 radical (unpaired) electrons. The molecule has 0 aliphatic rings. The lowest BCUT2D eigenvalue weighted by Crippen LogP contribution is -2.45. The number of ether oxygens (including phenoxy) is 1. The Labute approximate surface area is 82.8 Å². The van der Waals surface area contributed by atoms with Crippen LogP contribution in [-0.2, 0) is 4.79 Å². The van der Waals surface area contributed by atoms with E-state index in [1.807, 2.05) is 18.2 Å². The molecule has 1 aromatic rings. The van der Waals surface area contributed by atoms with Crippen molar-refractivity contribution in [1.82, 2.24) is 0 Å². The summed E-state index contributed by atoms with van der Waals surface area (Å²) in [5, 5.41) is 0. The quantitative estimate of drug-likeness (QED) is 0.689. The Balaban J connectivity index is 2.63. The zero-order chi connectivity index (χ0) is 10.6. The van der Waals surface area contributed by atoms with Crippen molar-refractivity contribution < 1.29 is 9.53 Å². The minimum Gasteiger partial charge on any atom is -0.473 e. The van der Waals surface area contributed by atoms with Crippen molar-refractivity contribution in [3.8, 4) is 5.75 Å². The predicted octanol–water partition coefficient (Wildman–Crippen LogP) is 0.616. The van der Waals surface area contributed by atoms with Gasteiger partial charge in [-0.15, -0.1) is 0 Å². The molecular formula is C10H14N2O2. The van der Waals surface area contributed by atoms with Gasteiger partial charge in [-0.25, -0.2) is 0 Å². The second-order valence-corrected chi connectivity index (χ2v) is 3.37. The Kier molecular flexibility index (Phi) is 3.09. The molecule has 0 heterocycles. The van der Waals surface area contributed by atoms with Crippen LogP contribution in [0, 0.1) is 0 Å². The van der Waals surface area contributed by atoms with Crippen molar-refractivity contribution in [2.45, 2.75) is 19.1 Å². The topological polar surface area (TPSA) is 78.3 Å². The molecular weight excluding hydrogens is 180 g/mol. The Hall–Kier alpha value is -1.55. The highest BCUT2D eigenvalue weighted by Gasteiger charge is 2.22. The number of nitrogens with two attached hydrogens (primary N) is 2.